The summed E-state index contributed by atoms with van der Waals surface area (Å²) in [6, 6.07) is 16.5. The van der Waals surface area contributed by atoms with Crippen molar-refractivity contribution in [3.05, 3.63) is 70.9 Å². The lowest BCUT2D eigenvalue weighted by molar-refractivity contribution is -0.188. The number of nitrogens with two attached hydrogens (primary N) is 1. The third kappa shape index (κ3) is 5.99. The van der Waals surface area contributed by atoms with Crippen LogP contribution in [0.1, 0.15) is 31.9 Å². The molecule has 39 heavy (non-hydrogen) atoms. The molecule has 2 heterocycles. The van der Waals surface area contributed by atoms with E-state index in [1.807, 2.05) is 38.1 Å². The molecule has 2 aliphatic heterocycles. The molecule has 9 nitrogen and oxygen atoms in total. The Morgan fingerprint density at radius 3 is 2.08 bits per heavy atom. The van der Waals surface area contributed by atoms with Crippen molar-refractivity contribution < 1.29 is 28.6 Å². The Morgan fingerprint density at radius 1 is 1.08 bits per heavy atom. The Bertz CT molecular complexity index is 1250. The Hall–Kier alpha value is -2.91. The first-order valence-electron chi connectivity index (χ1n) is 12.5. The SMILES string of the molecule is CO[C@@]1(N[PH+](c2ccc(C)cc2)c2ccc(C)cc2)C(=O)N2C(C(=O)OC(C)(C)C)=C(COC(N)=O)CS[C@H]21. The van der Waals surface area contributed by atoms with Crippen LogP contribution < -0.4 is 21.4 Å². The maximum atomic E-state index is 14.0. The van der Waals surface area contributed by atoms with E-state index in [0.29, 0.717) is 11.3 Å². The molecule has 2 aliphatic rings. The molecule has 0 unspecified atom stereocenters. The lowest BCUT2D eigenvalue weighted by Gasteiger charge is -2.55. The Labute approximate surface area is 234 Å². The monoisotopic (exact) mass is 572 g/mol. The van der Waals surface area contributed by atoms with E-state index in [0.717, 1.165) is 21.7 Å². The molecule has 0 aliphatic carbocycles. The average molecular weight is 573 g/mol. The van der Waals surface area contributed by atoms with E-state index < -0.39 is 42.7 Å². The molecule has 2 aromatic carbocycles. The van der Waals surface area contributed by atoms with Gasteiger partial charge in [0.1, 0.15) is 42.0 Å². The molecule has 2 aromatic rings. The zero-order valence-corrected chi connectivity index (χ0v) is 24.8. The molecule has 2 atom stereocenters. The van der Waals surface area contributed by atoms with Crippen molar-refractivity contribution in [3.8, 4) is 0 Å². The van der Waals surface area contributed by atoms with Gasteiger partial charge < -0.3 is 19.9 Å². The third-order valence-electron chi connectivity index (χ3n) is 6.40. The van der Waals surface area contributed by atoms with Gasteiger partial charge in [0.05, 0.1) is 0 Å². The van der Waals surface area contributed by atoms with Crippen LogP contribution in [0.25, 0.3) is 0 Å². The van der Waals surface area contributed by atoms with E-state index in [9.17, 15) is 14.4 Å². The smallest absolute Gasteiger partial charge is 0.404 e. The summed E-state index contributed by atoms with van der Waals surface area (Å²) < 4.78 is 16.6. The number of methoxy groups -OCH3 is 1. The number of carbonyl (C=O) groups is 3. The molecule has 3 N–H and O–H groups in total. The fourth-order valence-corrected chi connectivity index (χ4v) is 8.33. The molecule has 0 radical (unpaired) electrons. The zero-order valence-electron chi connectivity index (χ0n) is 23.0. The van der Waals surface area contributed by atoms with Gasteiger partial charge in [-0.05, 0) is 58.9 Å². The highest BCUT2D eigenvalue weighted by atomic mass is 32.2. The molecule has 4 rings (SSSR count). The molecule has 2 amide bonds. The number of hydrogen-bond acceptors (Lipinski definition) is 8. The predicted molar refractivity (Wildman–Crippen MR) is 154 cm³/mol. The molecule has 0 spiro atoms. The molecular formula is C28H35N3O6PS+. The van der Waals surface area contributed by atoms with Crippen molar-refractivity contribution in [1.82, 2.24) is 9.99 Å². The fraction of sp³-hybridized carbons (Fsp3) is 0.393. The van der Waals surface area contributed by atoms with Crippen LogP contribution in [0.5, 0.6) is 0 Å². The number of nitrogens with one attached hydrogen (secondary N) is 1. The summed E-state index contributed by atoms with van der Waals surface area (Å²) in [4.78, 5) is 40.0. The predicted octanol–water partition coefficient (Wildman–Crippen LogP) is 2.92. The first-order chi connectivity index (χ1) is 18.4. The molecule has 1 fully saturated rings. The second kappa shape index (κ2) is 11.3. The van der Waals surface area contributed by atoms with Crippen molar-refractivity contribution in [1.29, 1.82) is 0 Å². The number of nitrogens with zero attached hydrogens (tertiary/aromatic N) is 1. The van der Waals surface area contributed by atoms with E-state index in [-0.39, 0.29) is 12.3 Å². The van der Waals surface area contributed by atoms with Crippen LogP contribution >= 0.6 is 19.8 Å². The summed E-state index contributed by atoms with van der Waals surface area (Å²) in [6.07, 6.45) is -0.968. The van der Waals surface area contributed by atoms with Crippen molar-refractivity contribution in [2.75, 3.05) is 19.5 Å². The van der Waals surface area contributed by atoms with Gasteiger partial charge in [-0.3, -0.25) is 9.69 Å². The molecule has 1 saturated heterocycles. The van der Waals surface area contributed by atoms with Crippen LogP contribution in [-0.2, 0) is 23.8 Å². The van der Waals surface area contributed by atoms with Gasteiger partial charge in [0, 0.05) is 18.4 Å². The normalized spacial score (nSPS) is 20.9. The van der Waals surface area contributed by atoms with Gasteiger partial charge in [0.2, 0.25) is 0 Å². The largest absolute Gasteiger partial charge is 0.455 e. The van der Waals surface area contributed by atoms with Crippen molar-refractivity contribution in [2.24, 2.45) is 5.73 Å². The van der Waals surface area contributed by atoms with Gasteiger partial charge in [0.25, 0.3) is 11.6 Å². The lowest BCUT2D eigenvalue weighted by Crippen LogP contribution is -2.79. The number of rotatable bonds is 8. The molecule has 208 valence electrons. The fourth-order valence-electron chi connectivity index (χ4n) is 4.46. The maximum Gasteiger partial charge on any atom is 0.404 e. The van der Waals surface area contributed by atoms with Gasteiger partial charge in [0.15, 0.2) is 0 Å². The van der Waals surface area contributed by atoms with E-state index in [4.69, 9.17) is 19.9 Å². The lowest BCUT2D eigenvalue weighted by atomic mass is 9.99. The third-order valence-corrected chi connectivity index (χ3v) is 10.2. The summed E-state index contributed by atoms with van der Waals surface area (Å²) in [5, 5.41) is 5.18. The molecule has 0 saturated carbocycles. The van der Waals surface area contributed by atoms with E-state index in [1.165, 1.54) is 23.8 Å². The highest BCUT2D eigenvalue weighted by Crippen LogP contribution is 2.50. The second-order valence-corrected chi connectivity index (χ2v) is 13.8. The number of primary amides is 1. The van der Waals surface area contributed by atoms with Gasteiger partial charge >= 0.3 is 12.1 Å². The van der Waals surface area contributed by atoms with Gasteiger partial charge in [-0.15, -0.1) is 16.8 Å². The quantitative estimate of drug-likeness (QED) is 0.215. The highest BCUT2D eigenvalue weighted by Gasteiger charge is 2.68. The number of fused-ring (bicyclic) bond motifs is 1. The minimum absolute atomic E-state index is 0.0637. The van der Waals surface area contributed by atoms with Crippen molar-refractivity contribution in [2.45, 2.75) is 51.3 Å². The van der Waals surface area contributed by atoms with Crippen LogP contribution in [0.2, 0.25) is 0 Å². The van der Waals surface area contributed by atoms with Crippen LogP contribution in [0.15, 0.2) is 59.8 Å². The number of thioether (sulfide) groups is 1. The number of aryl methyl sites for hydroxylation is 2. The minimum Gasteiger partial charge on any atom is -0.455 e. The number of amides is 2. The second-order valence-electron chi connectivity index (χ2n) is 10.6. The topological polar surface area (TPSA) is 120 Å². The van der Waals surface area contributed by atoms with Crippen LogP contribution in [0, 0.1) is 13.8 Å². The summed E-state index contributed by atoms with van der Waals surface area (Å²) in [7, 11) is -0.203. The summed E-state index contributed by atoms with van der Waals surface area (Å²) in [5.74, 6) is -0.766. The molecular weight excluding hydrogens is 537 g/mol. The van der Waals surface area contributed by atoms with Crippen LogP contribution in [-0.4, -0.2) is 59.0 Å². The van der Waals surface area contributed by atoms with Gasteiger partial charge in [-0.1, -0.05) is 35.4 Å². The first kappa shape index (κ1) is 29.1. The van der Waals surface area contributed by atoms with Crippen LogP contribution in [0.3, 0.4) is 0 Å². The van der Waals surface area contributed by atoms with E-state index in [1.54, 1.807) is 20.8 Å². The summed E-state index contributed by atoms with van der Waals surface area (Å²) >= 11 is 1.42. The zero-order chi connectivity index (χ0) is 28.5. The number of β-lactam (4-membered cyclic amide) rings is 1. The minimum atomic E-state index is -1.70. The number of benzene rings is 2. The summed E-state index contributed by atoms with van der Waals surface area (Å²) in [6.45, 7) is 9.08. The number of carbonyl (C=O) groups excluding carboxylic acids is 3. The maximum absolute atomic E-state index is 14.0. The van der Waals surface area contributed by atoms with E-state index >= 15 is 0 Å². The Balaban J connectivity index is 1.72. The average Bonchev–Trinajstić information content (AvgIpc) is 2.88. The van der Waals surface area contributed by atoms with Gasteiger partial charge in [-0.25, -0.2) is 9.59 Å². The Morgan fingerprint density at radius 2 is 1.62 bits per heavy atom. The van der Waals surface area contributed by atoms with E-state index in [2.05, 4.69) is 29.4 Å². The molecule has 0 aromatic heterocycles. The summed E-state index contributed by atoms with van der Waals surface area (Å²) in [5.41, 5.74) is 5.78. The number of hydrogen-bond donors (Lipinski definition) is 2. The van der Waals surface area contributed by atoms with Gasteiger partial charge in [-0.2, -0.15) is 0 Å². The van der Waals surface area contributed by atoms with Crippen molar-refractivity contribution in [3.63, 3.8) is 0 Å². The van der Waals surface area contributed by atoms with Crippen LogP contribution in [0.4, 0.5) is 4.79 Å². The number of esters is 1. The highest BCUT2D eigenvalue weighted by molar-refractivity contribution is 8.00. The van der Waals surface area contributed by atoms with Crippen molar-refractivity contribution >= 4 is 48.4 Å². The standard InChI is InChI=1S/C28H34N3O6PS/c1-17-7-11-20(12-8-17)38(21-13-9-18(2)10-14-21)30-28(35-6)24(33)31-22(23(32)37-27(3,4)5)19(15-36-26(29)34)16-39-25(28)31/h7-14,25,30H,15-16H2,1-6H3,(H2,29,34)/p+1/t25-,28-/m0/s1. The Kier molecular flexibility index (Phi) is 8.42. The molecule has 11 heteroatoms. The molecule has 0 bridgehead atoms. The first-order valence-corrected chi connectivity index (χ1v) is 15.1. The number of ether oxygens (including phenoxy) is 3.